The third-order valence-corrected chi connectivity index (χ3v) is 7.72. The molecule has 144 valence electrons. The first-order valence-corrected chi connectivity index (χ1v) is 11.0. The van der Waals surface area contributed by atoms with E-state index in [2.05, 4.69) is 70.2 Å². The SMILES string of the molecule is CC(C)[C@@H]1O[C@@H]2c3cccc(OCc4ccccc4)c3CC[C@@H]2C(C)(C)S1. The zero-order valence-corrected chi connectivity index (χ0v) is 17.6. The molecule has 0 saturated carbocycles. The molecule has 0 spiro atoms. The van der Waals surface area contributed by atoms with Gasteiger partial charge in [0.1, 0.15) is 17.8 Å². The molecule has 0 aromatic heterocycles. The van der Waals surface area contributed by atoms with Gasteiger partial charge in [-0.05, 0) is 41.5 Å². The molecule has 0 N–H and O–H groups in total. The summed E-state index contributed by atoms with van der Waals surface area (Å²) in [7, 11) is 0. The Kier molecular flexibility index (Phi) is 5.26. The Hall–Kier alpha value is -1.45. The summed E-state index contributed by atoms with van der Waals surface area (Å²) in [5.74, 6) is 2.09. The minimum atomic E-state index is 0.178. The number of fused-ring (bicyclic) bond motifs is 3. The predicted molar refractivity (Wildman–Crippen MR) is 113 cm³/mol. The van der Waals surface area contributed by atoms with Crippen molar-refractivity contribution in [3.63, 3.8) is 0 Å². The molecule has 1 aliphatic heterocycles. The van der Waals surface area contributed by atoms with Crippen molar-refractivity contribution in [3.8, 4) is 5.75 Å². The average molecular weight is 383 g/mol. The maximum absolute atomic E-state index is 6.64. The zero-order chi connectivity index (χ0) is 19.0. The van der Waals surface area contributed by atoms with E-state index < -0.39 is 0 Å². The molecule has 1 heterocycles. The predicted octanol–water partition coefficient (Wildman–Crippen LogP) is 6.39. The fraction of sp³-hybridized carbons (Fsp3) is 0.500. The first-order chi connectivity index (χ1) is 13.0. The van der Waals surface area contributed by atoms with E-state index in [1.165, 1.54) is 16.7 Å². The summed E-state index contributed by atoms with van der Waals surface area (Å²) in [4.78, 5) is 0. The lowest BCUT2D eigenvalue weighted by molar-refractivity contribution is -0.0513. The Labute approximate surface area is 167 Å². The summed E-state index contributed by atoms with van der Waals surface area (Å²) in [6, 6.07) is 16.9. The summed E-state index contributed by atoms with van der Waals surface area (Å²) in [5, 5.41) is 0. The van der Waals surface area contributed by atoms with Crippen LogP contribution in [0.1, 0.15) is 56.9 Å². The second kappa shape index (κ2) is 7.52. The smallest absolute Gasteiger partial charge is 0.123 e. The van der Waals surface area contributed by atoms with Gasteiger partial charge in [0, 0.05) is 10.7 Å². The van der Waals surface area contributed by atoms with Crippen LogP contribution < -0.4 is 4.74 Å². The van der Waals surface area contributed by atoms with Crippen LogP contribution in [0, 0.1) is 11.8 Å². The van der Waals surface area contributed by atoms with E-state index in [1.54, 1.807) is 0 Å². The Balaban J connectivity index is 1.61. The third kappa shape index (κ3) is 3.77. The van der Waals surface area contributed by atoms with Gasteiger partial charge in [-0.1, -0.05) is 70.2 Å². The van der Waals surface area contributed by atoms with Crippen LogP contribution in [0.4, 0.5) is 0 Å². The zero-order valence-electron chi connectivity index (χ0n) is 16.8. The molecule has 0 amide bonds. The Morgan fingerprint density at radius 1 is 1.11 bits per heavy atom. The van der Waals surface area contributed by atoms with Crippen molar-refractivity contribution in [2.75, 3.05) is 0 Å². The van der Waals surface area contributed by atoms with Gasteiger partial charge in [-0.15, -0.1) is 11.8 Å². The van der Waals surface area contributed by atoms with Crippen molar-refractivity contribution >= 4 is 11.8 Å². The van der Waals surface area contributed by atoms with E-state index in [4.69, 9.17) is 9.47 Å². The van der Waals surface area contributed by atoms with Crippen LogP contribution in [0.5, 0.6) is 5.75 Å². The van der Waals surface area contributed by atoms with Crippen LogP contribution >= 0.6 is 11.8 Å². The first-order valence-electron chi connectivity index (χ1n) is 10.1. The van der Waals surface area contributed by atoms with Crippen LogP contribution in [-0.2, 0) is 17.8 Å². The molecule has 0 bridgehead atoms. The fourth-order valence-electron chi connectivity index (χ4n) is 4.39. The molecule has 2 aliphatic rings. The van der Waals surface area contributed by atoms with Crippen LogP contribution in [0.3, 0.4) is 0 Å². The molecule has 2 aromatic carbocycles. The van der Waals surface area contributed by atoms with Crippen molar-refractivity contribution in [3.05, 3.63) is 65.2 Å². The molecule has 0 unspecified atom stereocenters. The summed E-state index contributed by atoms with van der Waals surface area (Å²) in [6.45, 7) is 9.93. The van der Waals surface area contributed by atoms with Crippen molar-refractivity contribution in [1.82, 2.24) is 0 Å². The van der Waals surface area contributed by atoms with Gasteiger partial charge in [0.15, 0.2) is 0 Å². The normalized spacial score (nSPS) is 26.3. The molecular formula is C24H30O2S. The largest absolute Gasteiger partial charge is 0.489 e. The van der Waals surface area contributed by atoms with Crippen LogP contribution in [-0.4, -0.2) is 10.2 Å². The van der Waals surface area contributed by atoms with E-state index >= 15 is 0 Å². The molecule has 3 heteroatoms. The molecule has 4 rings (SSSR count). The molecule has 2 nitrogen and oxygen atoms in total. The van der Waals surface area contributed by atoms with E-state index in [0.29, 0.717) is 18.4 Å². The van der Waals surface area contributed by atoms with Gasteiger partial charge < -0.3 is 9.47 Å². The van der Waals surface area contributed by atoms with Gasteiger partial charge in [-0.3, -0.25) is 0 Å². The molecular weight excluding hydrogens is 352 g/mol. The molecule has 0 radical (unpaired) electrons. The van der Waals surface area contributed by atoms with Crippen molar-refractivity contribution in [1.29, 1.82) is 0 Å². The minimum absolute atomic E-state index is 0.178. The number of benzene rings is 2. The van der Waals surface area contributed by atoms with Gasteiger partial charge in [0.05, 0.1) is 6.10 Å². The van der Waals surface area contributed by atoms with Gasteiger partial charge in [-0.25, -0.2) is 0 Å². The number of ether oxygens (including phenoxy) is 2. The van der Waals surface area contributed by atoms with Gasteiger partial charge in [0.25, 0.3) is 0 Å². The van der Waals surface area contributed by atoms with Crippen molar-refractivity contribution in [2.24, 2.45) is 11.8 Å². The quantitative estimate of drug-likeness (QED) is 0.610. The Morgan fingerprint density at radius 3 is 2.63 bits per heavy atom. The van der Waals surface area contributed by atoms with Crippen LogP contribution in [0.25, 0.3) is 0 Å². The summed E-state index contributed by atoms with van der Waals surface area (Å²) in [5.41, 5.74) is 4.15. The molecule has 1 fully saturated rings. The molecule has 2 aromatic rings. The third-order valence-electron chi connectivity index (χ3n) is 5.92. The van der Waals surface area contributed by atoms with E-state index in [9.17, 15) is 0 Å². The lowest BCUT2D eigenvalue weighted by Gasteiger charge is -2.50. The minimum Gasteiger partial charge on any atom is -0.489 e. The molecule has 27 heavy (non-hydrogen) atoms. The molecule has 1 aliphatic carbocycles. The van der Waals surface area contributed by atoms with Crippen LogP contribution in [0.15, 0.2) is 48.5 Å². The average Bonchev–Trinajstić information content (AvgIpc) is 2.66. The summed E-state index contributed by atoms with van der Waals surface area (Å²) >= 11 is 2.02. The maximum atomic E-state index is 6.64. The van der Waals surface area contributed by atoms with Crippen molar-refractivity contribution < 1.29 is 9.47 Å². The van der Waals surface area contributed by atoms with Crippen molar-refractivity contribution in [2.45, 2.75) is 63.4 Å². The number of hydrogen-bond donors (Lipinski definition) is 0. The molecule has 1 saturated heterocycles. The lowest BCUT2D eigenvalue weighted by atomic mass is 9.75. The number of thioether (sulfide) groups is 1. The summed E-state index contributed by atoms with van der Waals surface area (Å²) in [6.07, 6.45) is 2.41. The van der Waals surface area contributed by atoms with E-state index in [0.717, 1.165) is 18.6 Å². The highest BCUT2D eigenvalue weighted by Gasteiger charge is 2.48. The fourth-order valence-corrected chi connectivity index (χ4v) is 5.85. The highest BCUT2D eigenvalue weighted by atomic mass is 32.2. The maximum Gasteiger partial charge on any atom is 0.123 e. The first kappa shape index (κ1) is 18.9. The van der Waals surface area contributed by atoms with E-state index in [1.807, 2.05) is 17.8 Å². The van der Waals surface area contributed by atoms with Gasteiger partial charge in [0.2, 0.25) is 0 Å². The Morgan fingerprint density at radius 2 is 1.89 bits per heavy atom. The highest BCUT2D eigenvalue weighted by molar-refractivity contribution is 8.01. The van der Waals surface area contributed by atoms with Gasteiger partial charge >= 0.3 is 0 Å². The van der Waals surface area contributed by atoms with Crippen LogP contribution in [0.2, 0.25) is 0 Å². The molecule has 3 atom stereocenters. The highest BCUT2D eigenvalue weighted by Crippen LogP contribution is 2.56. The second-order valence-electron chi connectivity index (χ2n) is 8.63. The monoisotopic (exact) mass is 382 g/mol. The number of rotatable bonds is 4. The Bertz CT molecular complexity index is 784. The summed E-state index contributed by atoms with van der Waals surface area (Å²) < 4.78 is 13.1. The van der Waals surface area contributed by atoms with Gasteiger partial charge in [-0.2, -0.15) is 0 Å². The standard InChI is InChI=1S/C24H30O2S/c1-16(2)23-26-22-19-11-8-12-21(25-15-17-9-6-5-7-10-17)18(19)13-14-20(22)24(3,4)27-23/h5-12,16,20,22-23H,13-15H2,1-4H3/t20-,22+,23+/m0/s1. The van der Waals surface area contributed by atoms with E-state index in [-0.39, 0.29) is 16.3 Å². The topological polar surface area (TPSA) is 18.5 Å². The number of hydrogen-bond acceptors (Lipinski definition) is 3. The lowest BCUT2D eigenvalue weighted by Crippen LogP contribution is -2.45. The second-order valence-corrected chi connectivity index (χ2v) is 10.4.